The van der Waals surface area contributed by atoms with Gasteiger partial charge in [0, 0.05) is 12.7 Å². The molecule has 0 bridgehead atoms. The van der Waals surface area contributed by atoms with Crippen LogP contribution in [0.15, 0.2) is 36.7 Å². The number of nitrogens with zero attached hydrogens (tertiary/aromatic N) is 5. The molecule has 1 aliphatic carbocycles. The first-order valence-corrected chi connectivity index (χ1v) is 7.53. The van der Waals surface area contributed by atoms with Gasteiger partial charge in [-0.05, 0) is 31.4 Å². The number of benzene rings is 1. The van der Waals surface area contributed by atoms with Crippen molar-refractivity contribution in [1.29, 1.82) is 0 Å². The molecule has 3 aromatic rings. The first kappa shape index (κ1) is 13.1. The maximum absolute atomic E-state index is 6.11. The van der Waals surface area contributed by atoms with Crippen LogP contribution in [0.2, 0.25) is 0 Å². The van der Waals surface area contributed by atoms with Crippen LogP contribution in [0.5, 0.6) is 0 Å². The van der Waals surface area contributed by atoms with Crippen LogP contribution in [0, 0.1) is 0 Å². The lowest BCUT2D eigenvalue weighted by molar-refractivity contribution is 0.296. The van der Waals surface area contributed by atoms with Gasteiger partial charge in [0.15, 0.2) is 11.5 Å². The SMILES string of the molecule is CN(c1ccccc1)c1nn(C2CCC2)c2ncnc(N)c12. The van der Waals surface area contributed by atoms with Gasteiger partial charge in [0.05, 0.1) is 6.04 Å². The molecule has 112 valence electrons. The van der Waals surface area contributed by atoms with Gasteiger partial charge in [-0.3, -0.25) is 0 Å². The molecule has 2 N–H and O–H groups in total. The number of nitrogen functional groups attached to an aromatic ring is 1. The topological polar surface area (TPSA) is 72.9 Å². The van der Waals surface area contributed by atoms with Gasteiger partial charge in [-0.2, -0.15) is 5.10 Å². The van der Waals surface area contributed by atoms with Gasteiger partial charge in [0.1, 0.15) is 17.5 Å². The molecule has 0 spiro atoms. The molecule has 2 heterocycles. The Morgan fingerprint density at radius 1 is 1.18 bits per heavy atom. The Morgan fingerprint density at radius 3 is 2.64 bits per heavy atom. The highest BCUT2D eigenvalue weighted by atomic mass is 15.4. The molecule has 6 nitrogen and oxygen atoms in total. The summed E-state index contributed by atoms with van der Waals surface area (Å²) in [7, 11) is 1.99. The van der Waals surface area contributed by atoms with E-state index in [1.165, 1.54) is 12.7 Å². The average Bonchev–Trinajstić information content (AvgIpc) is 2.87. The molecule has 1 fully saturated rings. The molecule has 22 heavy (non-hydrogen) atoms. The quantitative estimate of drug-likeness (QED) is 0.804. The lowest BCUT2D eigenvalue weighted by Gasteiger charge is -2.26. The summed E-state index contributed by atoms with van der Waals surface area (Å²) < 4.78 is 2.02. The van der Waals surface area contributed by atoms with Gasteiger partial charge in [-0.25, -0.2) is 14.6 Å². The Morgan fingerprint density at radius 2 is 1.95 bits per heavy atom. The largest absolute Gasteiger partial charge is 0.383 e. The van der Waals surface area contributed by atoms with Crippen molar-refractivity contribution in [3.05, 3.63) is 36.7 Å². The van der Waals surface area contributed by atoms with Crippen LogP contribution in [0.25, 0.3) is 11.0 Å². The zero-order valence-electron chi connectivity index (χ0n) is 12.5. The van der Waals surface area contributed by atoms with Crippen LogP contribution in [0.4, 0.5) is 17.3 Å². The third-order valence-electron chi connectivity index (χ3n) is 4.38. The summed E-state index contributed by atoms with van der Waals surface area (Å²) in [6.45, 7) is 0. The van der Waals surface area contributed by atoms with Crippen LogP contribution in [0.3, 0.4) is 0 Å². The number of hydrogen-bond acceptors (Lipinski definition) is 5. The smallest absolute Gasteiger partial charge is 0.168 e. The molecule has 6 heteroatoms. The Hall–Kier alpha value is -2.63. The third kappa shape index (κ3) is 1.91. The van der Waals surface area contributed by atoms with E-state index in [1.54, 1.807) is 0 Å². The predicted molar refractivity (Wildman–Crippen MR) is 87.1 cm³/mol. The predicted octanol–water partition coefficient (Wildman–Crippen LogP) is 2.90. The van der Waals surface area contributed by atoms with Gasteiger partial charge in [0.25, 0.3) is 0 Å². The molecule has 0 amide bonds. The van der Waals surface area contributed by atoms with Crippen molar-refractivity contribution in [2.45, 2.75) is 25.3 Å². The van der Waals surface area contributed by atoms with E-state index in [-0.39, 0.29) is 0 Å². The van der Waals surface area contributed by atoms with Crippen molar-refractivity contribution >= 4 is 28.4 Å². The molecule has 0 saturated heterocycles. The van der Waals surface area contributed by atoms with E-state index >= 15 is 0 Å². The van der Waals surface area contributed by atoms with E-state index in [0.717, 1.165) is 35.4 Å². The van der Waals surface area contributed by atoms with Crippen molar-refractivity contribution in [2.75, 3.05) is 17.7 Å². The van der Waals surface area contributed by atoms with Crippen LogP contribution in [-0.2, 0) is 0 Å². The fourth-order valence-corrected chi connectivity index (χ4v) is 2.87. The molecule has 0 radical (unpaired) electrons. The average molecular weight is 294 g/mol. The van der Waals surface area contributed by atoms with E-state index in [4.69, 9.17) is 10.8 Å². The van der Waals surface area contributed by atoms with Crippen molar-refractivity contribution < 1.29 is 0 Å². The fraction of sp³-hybridized carbons (Fsp3) is 0.312. The van der Waals surface area contributed by atoms with Gasteiger partial charge < -0.3 is 10.6 Å². The third-order valence-corrected chi connectivity index (χ3v) is 4.38. The van der Waals surface area contributed by atoms with E-state index in [0.29, 0.717) is 11.9 Å². The Balaban J connectivity index is 1.90. The number of hydrogen-bond donors (Lipinski definition) is 1. The molecule has 2 aromatic heterocycles. The summed E-state index contributed by atoms with van der Waals surface area (Å²) in [6, 6.07) is 10.5. The fourth-order valence-electron chi connectivity index (χ4n) is 2.87. The van der Waals surface area contributed by atoms with E-state index < -0.39 is 0 Å². The minimum absolute atomic E-state index is 0.426. The summed E-state index contributed by atoms with van der Waals surface area (Å²) in [5.41, 5.74) is 8.00. The molecular formula is C16H18N6. The molecule has 0 atom stereocenters. The number of para-hydroxylation sites is 1. The lowest BCUT2D eigenvalue weighted by Crippen LogP contribution is -2.19. The number of anilines is 3. The summed E-state index contributed by atoms with van der Waals surface area (Å²) in [6.07, 6.45) is 5.06. The number of nitrogens with two attached hydrogens (primary N) is 1. The molecule has 0 unspecified atom stereocenters. The second kappa shape index (κ2) is 4.98. The number of rotatable bonds is 3. The van der Waals surface area contributed by atoms with Gasteiger partial charge in [-0.15, -0.1) is 0 Å². The van der Waals surface area contributed by atoms with Crippen molar-refractivity contribution in [3.8, 4) is 0 Å². The van der Waals surface area contributed by atoms with Crippen molar-refractivity contribution in [1.82, 2.24) is 19.7 Å². The number of aromatic nitrogens is 4. The molecule has 1 aromatic carbocycles. The Kier molecular flexibility index (Phi) is 2.96. The molecule has 1 saturated carbocycles. The summed E-state index contributed by atoms with van der Waals surface area (Å²) in [5.74, 6) is 1.29. The standard InChI is InChI=1S/C16H18N6/c1-21(11-6-3-2-4-7-11)16-13-14(17)18-10-19-15(13)22(20-16)12-8-5-9-12/h2-4,6-7,10,12H,5,8-9H2,1H3,(H2,17,18,19). The Bertz CT molecular complexity index is 806. The first-order chi connectivity index (χ1) is 10.8. The molecular weight excluding hydrogens is 276 g/mol. The van der Waals surface area contributed by atoms with Gasteiger partial charge >= 0.3 is 0 Å². The van der Waals surface area contributed by atoms with Crippen LogP contribution >= 0.6 is 0 Å². The van der Waals surface area contributed by atoms with Gasteiger partial charge in [-0.1, -0.05) is 18.2 Å². The maximum atomic E-state index is 6.11. The van der Waals surface area contributed by atoms with E-state index in [1.807, 2.05) is 47.0 Å². The summed E-state index contributed by atoms with van der Waals surface area (Å²) >= 11 is 0. The van der Waals surface area contributed by atoms with Crippen molar-refractivity contribution in [2.24, 2.45) is 0 Å². The lowest BCUT2D eigenvalue weighted by atomic mass is 9.93. The maximum Gasteiger partial charge on any atom is 0.168 e. The minimum atomic E-state index is 0.426. The highest BCUT2D eigenvalue weighted by Crippen LogP contribution is 2.38. The zero-order chi connectivity index (χ0) is 15.1. The van der Waals surface area contributed by atoms with Gasteiger partial charge in [0.2, 0.25) is 0 Å². The van der Waals surface area contributed by atoms with E-state index in [2.05, 4.69) is 9.97 Å². The van der Waals surface area contributed by atoms with E-state index in [9.17, 15) is 0 Å². The first-order valence-electron chi connectivity index (χ1n) is 7.53. The normalized spacial score (nSPS) is 15.0. The zero-order valence-corrected chi connectivity index (χ0v) is 12.5. The van der Waals surface area contributed by atoms with Crippen LogP contribution < -0.4 is 10.6 Å². The second-order valence-electron chi connectivity index (χ2n) is 5.70. The summed E-state index contributed by atoms with van der Waals surface area (Å²) in [4.78, 5) is 10.6. The molecule has 0 aliphatic heterocycles. The Labute approximate surface area is 128 Å². The molecule has 1 aliphatic rings. The monoisotopic (exact) mass is 294 g/mol. The van der Waals surface area contributed by atoms with Crippen LogP contribution in [0.1, 0.15) is 25.3 Å². The van der Waals surface area contributed by atoms with Crippen molar-refractivity contribution in [3.63, 3.8) is 0 Å². The highest BCUT2D eigenvalue weighted by Gasteiger charge is 2.27. The second-order valence-corrected chi connectivity index (χ2v) is 5.70. The summed E-state index contributed by atoms with van der Waals surface area (Å²) in [5, 5.41) is 5.64. The molecule has 4 rings (SSSR count). The number of fused-ring (bicyclic) bond motifs is 1. The van der Waals surface area contributed by atoms with Crippen LogP contribution in [-0.4, -0.2) is 26.8 Å². The highest BCUT2D eigenvalue weighted by molar-refractivity contribution is 5.97. The minimum Gasteiger partial charge on any atom is -0.383 e.